The van der Waals surface area contributed by atoms with Crippen molar-refractivity contribution in [1.29, 1.82) is 0 Å². The fourth-order valence-electron chi connectivity index (χ4n) is 3.42. The number of thiazole rings is 1. The molecule has 0 bridgehead atoms. The molecule has 0 unspecified atom stereocenters. The SMILES string of the molecule is Cc1nc(CN2CCC(C(=O)NCCCC(=O)Nc3ccc(Cl)cc3)CC2)cs1. The van der Waals surface area contributed by atoms with E-state index in [1.54, 1.807) is 35.6 Å². The van der Waals surface area contributed by atoms with Crippen LogP contribution >= 0.6 is 22.9 Å². The van der Waals surface area contributed by atoms with Crippen molar-refractivity contribution in [1.82, 2.24) is 15.2 Å². The van der Waals surface area contributed by atoms with Crippen LogP contribution in [0.5, 0.6) is 0 Å². The fourth-order valence-corrected chi connectivity index (χ4v) is 4.15. The van der Waals surface area contributed by atoms with Gasteiger partial charge in [-0.25, -0.2) is 4.98 Å². The Labute approximate surface area is 180 Å². The number of anilines is 1. The van der Waals surface area contributed by atoms with Crippen LogP contribution in [-0.4, -0.2) is 41.3 Å². The third kappa shape index (κ3) is 7.10. The number of halogens is 1. The molecule has 1 aliphatic rings. The van der Waals surface area contributed by atoms with E-state index in [0.717, 1.165) is 48.9 Å². The minimum absolute atomic E-state index is 0.0614. The van der Waals surface area contributed by atoms with Gasteiger partial charge in [0.25, 0.3) is 0 Å². The number of nitrogens with one attached hydrogen (secondary N) is 2. The summed E-state index contributed by atoms with van der Waals surface area (Å²) in [4.78, 5) is 31.2. The summed E-state index contributed by atoms with van der Waals surface area (Å²) in [5.41, 5.74) is 1.84. The second kappa shape index (κ2) is 10.7. The van der Waals surface area contributed by atoms with Crippen LogP contribution in [0.15, 0.2) is 29.6 Å². The Morgan fingerprint density at radius 2 is 1.97 bits per heavy atom. The first-order valence-corrected chi connectivity index (χ1v) is 11.2. The van der Waals surface area contributed by atoms with Gasteiger partial charge in [0, 0.05) is 41.5 Å². The molecule has 1 aromatic heterocycles. The zero-order chi connectivity index (χ0) is 20.6. The highest BCUT2D eigenvalue weighted by atomic mass is 35.5. The first-order chi connectivity index (χ1) is 14.0. The molecule has 6 nitrogen and oxygen atoms in total. The summed E-state index contributed by atoms with van der Waals surface area (Å²) in [5.74, 6) is 0.103. The van der Waals surface area contributed by atoms with Crippen molar-refractivity contribution in [3.8, 4) is 0 Å². The number of aryl methyl sites for hydroxylation is 1. The summed E-state index contributed by atoms with van der Waals surface area (Å²) in [6.45, 7) is 5.23. The van der Waals surface area contributed by atoms with Gasteiger partial charge in [0.1, 0.15) is 0 Å². The molecular weight excluding hydrogens is 408 g/mol. The Morgan fingerprint density at radius 3 is 2.62 bits per heavy atom. The molecule has 3 rings (SSSR count). The van der Waals surface area contributed by atoms with Crippen molar-refractivity contribution in [2.75, 3.05) is 25.0 Å². The molecule has 2 N–H and O–H groups in total. The van der Waals surface area contributed by atoms with E-state index in [1.165, 1.54) is 0 Å². The van der Waals surface area contributed by atoms with E-state index in [2.05, 4.69) is 25.9 Å². The highest BCUT2D eigenvalue weighted by Gasteiger charge is 2.25. The molecule has 0 saturated carbocycles. The van der Waals surface area contributed by atoms with E-state index in [9.17, 15) is 9.59 Å². The van der Waals surface area contributed by atoms with Gasteiger partial charge in [-0.3, -0.25) is 14.5 Å². The Bertz CT molecular complexity index is 816. The number of benzene rings is 1. The molecule has 1 saturated heterocycles. The maximum Gasteiger partial charge on any atom is 0.224 e. The minimum Gasteiger partial charge on any atom is -0.356 e. The average molecular weight is 435 g/mol. The van der Waals surface area contributed by atoms with Gasteiger partial charge in [-0.1, -0.05) is 11.6 Å². The summed E-state index contributed by atoms with van der Waals surface area (Å²) in [6, 6.07) is 7.01. The largest absolute Gasteiger partial charge is 0.356 e. The monoisotopic (exact) mass is 434 g/mol. The standard InChI is InChI=1S/C21H27ClN4O2S/c1-15-24-19(14-29-15)13-26-11-8-16(9-12-26)21(28)23-10-2-3-20(27)25-18-6-4-17(22)5-7-18/h4-7,14,16H,2-3,8-13H2,1H3,(H,23,28)(H,25,27). The lowest BCUT2D eigenvalue weighted by Crippen LogP contribution is -2.40. The molecule has 1 fully saturated rings. The smallest absolute Gasteiger partial charge is 0.224 e. The van der Waals surface area contributed by atoms with E-state index in [4.69, 9.17) is 11.6 Å². The molecule has 156 valence electrons. The van der Waals surface area contributed by atoms with Crippen molar-refractivity contribution in [3.63, 3.8) is 0 Å². The predicted octanol–water partition coefficient (Wildman–Crippen LogP) is 3.85. The van der Waals surface area contributed by atoms with E-state index in [-0.39, 0.29) is 17.7 Å². The lowest BCUT2D eigenvalue weighted by molar-refractivity contribution is -0.126. The second-order valence-electron chi connectivity index (χ2n) is 7.36. The van der Waals surface area contributed by atoms with Crippen LogP contribution in [0.3, 0.4) is 0 Å². The van der Waals surface area contributed by atoms with Gasteiger partial charge >= 0.3 is 0 Å². The molecule has 8 heteroatoms. The molecule has 1 aliphatic heterocycles. The number of rotatable bonds is 8. The Hall–Kier alpha value is -1.96. The summed E-state index contributed by atoms with van der Waals surface area (Å²) in [5, 5.41) is 9.64. The van der Waals surface area contributed by atoms with Crippen molar-refractivity contribution in [3.05, 3.63) is 45.4 Å². The zero-order valence-electron chi connectivity index (χ0n) is 16.6. The molecular formula is C21H27ClN4O2S. The highest BCUT2D eigenvalue weighted by Crippen LogP contribution is 2.20. The molecule has 29 heavy (non-hydrogen) atoms. The number of carbonyl (C=O) groups is 2. The second-order valence-corrected chi connectivity index (χ2v) is 8.86. The van der Waals surface area contributed by atoms with E-state index in [1.807, 2.05) is 6.92 Å². The number of hydrogen-bond acceptors (Lipinski definition) is 5. The van der Waals surface area contributed by atoms with Crippen LogP contribution in [0.4, 0.5) is 5.69 Å². The lowest BCUT2D eigenvalue weighted by Gasteiger charge is -2.30. The normalized spacial score (nSPS) is 15.2. The van der Waals surface area contributed by atoms with Crippen molar-refractivity contribution < 1.29 is 9.59 Å². The summed E-state index contributed by atoms with van der Waals surface area (Å²) >= 11 is 7.51. The van der Waals surface area contributed by atoms with Gasteiger partial charge in [-0.2, -0.15) is 0 Å². The molecule has 0 aliphatic carbocycles. The van der Waals surface area contributed by atoms with E-state index in [0.29, 0.717) is 24.4 Å². The Kier molecular flexibility index (Phi) is 8.03. The quantitative estimate of drug-likeness (QED) is 0.619. The third-order valence-corrected chi connectivity index (χ3v) is 6.09. The number of piperidine rings is 1. The van der Waals surface area contributed by atoms with Crippen LogP contribution in [-0.2, 0) is 16.1 Å². The molecule has 0 spiro atoms. The number of carbonyl (C=O) groups excluding carboxylic acids is 2. The topological polar surface area (TPSA) is 74.3 Å². The van der Waals surface area contributed by atoms with Crippen LogP contribution in [0, 0.1) is 12.8 Å². The fraction of sp³-hybridized carbons (Fsp3) is 0.476. The number of hydrogen-bond donors (Lipinski definition) is 2. The van der Waals surface area contributed by atoms with Gasteiger partial charge in [0.05, 0.1) is 10.7 Å². The van der Waals surface area contributed by atoms with Gasteiger partial charge < -0.3 is 10.6 Å². The summed E-state index contributed by atoms with van der Waals surface area (Å²) in [6.07, 6.45) is 2.72. The van der Waals surface area contributed by atoms with Gasteiger partial charge in [-0.05, 0) is 63.5 Å². The maximum atomic E-state index is 12.4. The van der Waals surface area contributed by atoms with Gasteiger partial charge in [-0.15, -0.1) is 11.3 Å². The third-order valence-electron chi connectivity index (χ3n) is 5.02. The minimum atomic E-state index is -0.0628. The average Bonchev–Trinajstić information content (AvgIpc) is 3.12. The van der Waals surface area contributed by atoms with E-state index >= 15 is 0 Å². The van der Waals surface area contributed by atoms with E-state index < -0.39 is 0 Å². The zero-order valence-corrected chi connectivity index (χ0v) is 18.2. The molecule has 1 aromatic carbocycles. The number of nitrogens with zero attached hydrogens (tertiary/aromatic N) is 2. The molecule has 2 heterocycles. The summed E-state index contributed by atoms with van der Waals surface area (Å²) in [7, 11) is 0. The maximum absolute atomic E-state index is 12.4. The molecule has 2 aromatic rings. The van der Waals surface area contributed by atoms with Crippen LogP contribution in [0.25, 0.3) is 0 Å². The first kappa shape index (κ1) is 21.7. The molecule has 2 amide bonds. The van der Waals surface area contributed by atoms with Crippen molar-refractivity contribution >= 4 is 40.4 Å². The molecule has 0 radical (unpaired) electrons. The number of aromatic nitrogens is 1. The lowest BCUT2D eigenvalue weighted by atomic mass is 9.96. The van der Waals surface area contributed by atoms with Crippen LogP contribution in [0.2, 0.25) is 5.02 Å². The highest BCUT2D eigenvalue weighted by molar-refractivity contribution is 7.09. The first-order valence-electron chi connectivity index (χ1n) is 9.96. The van der Waals surface area contributed by atoms with Crippen molar-refractivity contribution in [2.45, 2.75) is 39.2 Å². The Morgan fingerprint density at radius 1 is 1.24 bits per heavy atom. The Balaban J connectivity index is 1.29. The number of likely N-dealkylation sites (tertiary alicyclic amines) is 1. The predicted molar refractivity (Wildman–Crippen MR) is 117 cm³/mol. The number of amides is 2. The van der Waals surface area contributed by atoms with Gasteiger partial charge in [0.2, 0.25) is 11.8 Å². The summed E-state index contributed by atoms with van der Waals surface area (Å²) < 4.78 is 0. The molecule has 0 atom stereocenters. The van der Waals surface area contributed by atoms with Crippen LogP contribution in [0.1, 0.15) is 36.4 Å². The van der Waals surface area contributed by atoms with Crippen molar-refractivity contribution in [2.24, 2.45) is 5.92 Å². The van der Waals surface area contributed by atoms with Gasteiger partial charge in [0.15, 0.2) is 0 Å². The van der Waals surface area contributed by atoms with Crippen LogP contribution < -0.4 is 10.6 Å².